The predicted molar refractivity (Wildman–Crippen MR) is 100 cm³/mol. The van der Waals surface area contributed by atoms with Gasteiger partial charge in [-0.05, 0) is 44.5 Å². The van der Waals surface area contributed by atoms with Crippen LogP contribution in [0.2, 0.25) is 5.02 Å². The maximum atomic E-state index is 12.8. The first kappa shape index (κ1) is 17.4. The van der Waals surface area contributed by atoms with Crippen molar-refractivity contribution in [2.45, 2.75) is 32.6 Å². The number of hydrogen-bond donors (Lipinski definition) is 0. The van der Waals surface area contributed by atoms with E-state index in [0.717, 1.165) is 5.56 Å². The van der Waals surface area contributed by atoms with E-state index in [1.54, 1.807) is 18.2 Å². The number of amides is 1. The van der Waals surface area contributed by atoms with Crippen LogP contribution < -0.4 is 9.64 Å². The van der Waals surface area contributed by atoms with Crippen LogP contribution in [0.15, 0.2) is 55.1 Å². The monoisotopic (exact) mass is 357 g/mol. The summed E-state index contributed by atoms with van der Waals surface area (Å²) in [6, 6.07) is 14.8. The molecule has 2 aromatic rings. The van der Waals surface area contributed by atoms with Gasteiger partial charge in [0, 0.05) is 10.6 Å². The lowest BCUT2D eigenvalue weighted by molar-refractivity contribution is 0.0547. The second-order valence-electron chi connectivity index (χ2n) is 6.82. The predicted octanol–water partition coefficient (Wildman–Crippen LogP) is 5.51. The molecule has 130 valence electrons. The lowest BCUT2D eigenvalue weighted by Crippen LogP contribution is -2.43. The Bertz CT molecular complexity index is 811. The number of rotatable bonds is 2. The number of hydrogen-bond acceptors (Lipinski definition) is 3. The van der Waals surface area contributed by atoms with Crippen molar-refractivity contribution in [1.29, 1.82) is 0 Å². The maximum absolute atomic E-state index is 12.8. The minimum Gasteiger partial charge on any atom is -0.464 e. The quantitative estimate of drug-likeness (QED) is 0.711. The molecule has 3 rings (SSSR count). The van der Waals surface area contributed by atoms with Crippen molar-refractivity contribution < 1.29 is 14.3 Å². The molecule has 1 atom stereocenters. The van der Waals surface area contributed by atoms with Crippen molar-refractivity contribution in [3.05, 3.63) is 65.7 Å². The van der Waals surface area contributed by atoms with E-state index in [-0.39, 0.29) is 0 Å². The number of benzene rings is 2. The molecule has 1 unspecified atom stereocenters. The summed E-state index contributed by atoms with van der Waals surface area (Å²) in [6.45, 7) is 9.60. The normalized spacial score (nSPS) is 16.2. The van der Waals surface area contributed by atoms with Crippen LogP contribution in [0.3, 0.4) is 0 Å². The third-order valence-electron chi connectivity index (χ3n) is 3.69. The first-order chi connectivity index (χ1) is 11.8. The summed E-state index contributed by atoms with van der Waals surface area (Å²) in [7, 11) is 0. The number of fused-ring (bicyclic) bond motifs is 1. The third-order valence-corrected chi connectivity index (χ3v) is 3.92. The molecule has 4 nitrogen and oxygen atoms in total. The van der Waals surface area contributed by atoms with Gasteiger partial charge in [-0.2, -0.15) is 0 Å². The minimum absolute atomic E-state index is 0.504. The minimum atomic E-state index is -0.689. The average Bonchev–Trinajstić information content (AvgIpc) is 2.92. The van der Waals surface area contributed by atoms with Crippen LogP contribution in [0.4, 0.5) is 10.5 Å². The number of anilines is 1. The SMILES string of the molecule is C=C(c1ccccc1)C1Oc2ccc(Cl)cc2N1C(=O)OC(C)(C)C. The summed E-state index contributed by atoms with van der Waals surface area (Å²) in [5.74, 6) is 0.567. The van der Waals surface area contributed by atoms with Gasteiger partial charge in [0.25, 0.3) is 0 Å². The first-order valence-electron chi connectivity index (χ1n) is 7.99. The molecule has 0 radical (unpaired) electrons. The molecule has 1 amide bonds. The molecular weight excluding hydrogens is 338 g/mol. The highest BCUT2D eigenvalue weighted by Crippen LogP contribution is 2.43. The Balaban J connectivity index is 2.00. The van der Waals surface area contributed by atoms with Gasteiger partial charge in [0.05, 0.1) is 5.69 Å². The van der Waals surface area contributed by atoms with Crippen LogP contribution in [-0.2, 0) is 4.74 Å². The summed E-state index contributed by atoms with van der Waals surface area (Å²) in [5, 5.41) is 0.516. The topological polar surface area (TPSA) is 38.8 Å². The number of halogens is 1. The van der Waals surface area contributed by atoms with Crippen LogP contribution in [0.1, 0.15) is 26.3 Å². The Labute approximate surface area is 152 Å². The van der Waals surface area contributed by atoms with Crippen LogP contribution >= 0.6 is 11.6 Å². The molecule has 5 heteroatoms. The second-order valence-corrected chi connectivity index (χ2v) is 7.26. The van der Waals surface area contributed by atoms with Crippen LogP contribution in [-0.4, -0.2) is 17.9 Å². The number of ether oxygens (including phenoxy) is 2. The molecule has 0 aromatic heterocycles. The largest absolute Gasteiger partial charge is 0.464 e. The molecule has 0 bridgehead atoms. The van der Waals surface area contributed by atoms with E-state index in [4.69, 9.17) is 21.1 Å². The Morgan fingerprint density at radius 3 is 2.52 bits per heavy atom. The summed E-state index contributed by atoms with van der Waals surface area (Å²) < 4.78 is 11.6. The van der Waals surface area contributed by atoms with E-state index in [2.05, 4.69) is 6.58 Å². The summed E-state index contributed by atoms with van der Waals surface area (Å²) in [6.07, 6.45) is -1.19. The van der Waals surface area contributed by atoms with E-state index < -0.39 is 17.9 Å². The highest BCUT2D eigenvalue weighted by Gasteiger charge is 2.40. The third kappa shape index (κ3) is 3.64. The fraction of sp³-hybridized carbons (Fsp3) is 0.250. The summed E-state index contributed by atoms with van der Waals surface area (Å²) >= 11 is 6.11. The molecule has 0 saturated heterocycles. The van der Waals surface area contributed by atoms with Gasteiger partial charge in [0.1, 0.15) is 11.4 Å². The number of carbonyl (C=O) groups excluding carboxylic acids is 1. The molecule has 0 aliphatic carbocycles. The lowest BCUT2D eigenvalue weighted by atomic mass is 10.1. The molecule has 2 aromatic carbocycles. The van der Waals surface area contributed by atoms with Crippen LogP contribution in [0.5, 0.6) is 5.75 Å². The lowest BCUT2D eigenvalue weighted by Gasteiger charge is -2.28. The molecule has 0 spiro atoms. The van der Waals surface area contributed by atoms with E-state index in [0.29, 0.717) is 22.0 Å². The molecular formula is C20H20ClNO3. The second kappa shape index (κ2) is 6.45. The van der Waals surface area contributed by atoms with Gasteiger partial charge >= 0.3 is 6.09 Å². The van der Waals surface area contributed by atoms with Gasteiger partial charge in [0.15, 0.2) is 0 Å². The van der Waals surface area contributed by atoms with Gasteiger partial charge in [-0.15, -0.1) is 0 Å². The van der Waals surface area contributed by atoms with Crippen molar-refractivity contribution >= 4 is 29.0 Å². The van der Waals surface area contributed by atoms with Crippen molar-refractivity contribution in [3.8, 4) is 5.75 Å². The van der Waals surface area contributed by atoms with E-state index in [9.17, 15) is 4.79 Å². The van der Waals surface area contributed by atoms with Crippen molar-refractivity contribution in [1.82, 2.24) is 0 Å². The number of nitrogens with zero attached hydrogens (tertiary/aromatic N) is 1. The number of carbonyl (C=O) groups is 1. The Morgan fingerprint density at radius 1 is 1.20 bits per heavy atom. The Hall–Kier alpha value is -2.46. The molecule has 1 aliphatic heterocycles. The van der Waals surface area contributed by atoms with Crippen molar-refractivity contribution in [3.63, 3.8) is 0 Å². The van der Waals surface area contributed by atoms with E-state index >= 15 is 0 Å². The zero-order valence-electron chi connectivity index (χ0n) is 14.5. The van der Waals surface area contributed by atoms with Crippen LogP contribution in [0.25, 0.3) is 5.57 Å². The molecule has 1 heterocycles. The van der Waals surface area contributed by atoms with E-state index in [1.165, 1.54) is 4.90 Å². The van der Waals surface area contributed by atoms with E-state index in [1.807, 2.05) is 51.1 Å². The average molecular weight is 358 g/mol. The highest BCUT2D eigenvalue weighted by molar-refractivity contribution is 6.31. The maximum Gasteiger partial charge on any atom is 0.418 e. The van der Waals surface area contributed by atoms with Gasteiger partial charge in [-0.3, -0.25) is 0 Å². The van der Waals surface area contributed by atoms with Gasteiger partial charge in [-0.25, -0.2) is 9.69 Å². The molecule has 0 saturated carbocycles. The van der Waals surface area contributed by atoms with Gasteiger partial charge in [0.2, 0.25) is 6.23 Å². The fourth-order valence-electron chi connectivity index (χ4n) is 2.60. The fourth-order valence-corrected chi connectivity index (χ4v) is 2.77. The zero-order valence-corrected chi connectivity index (χ0v) is 15.2. The molecule has 0 fully saturated rings. The zero-order chi connectivity index (χ0) is 18.2. The molecule has 0 N–H and O–H groups in total. The Morgan fingerprint density at radius 2 is 1.88 bits per heavy atom. The summed E-state index contributed by atoms with van der Waals surface area (Å²) in [4.78, 5) is 14.3. The standard InChI is InChI=1S/C20H20ClNO3/c1-13(14-8-6-5-7-9-14)18-22(19(23)25-20(2,3)4)16-12-15(21)10-11-17(16)24-18/h5-12,18H,1H2,2-4H3. The molecule has 25 heavy (non-hydrogen) atoms. The van der Waals surface area contributed by atoms with Gasteiger partial charge in [-0.1, -0.05) is 48.5 Å². The van der Waals surface area contributed by atoms with Gasteiger partial charge < -0.3 is 9.47 Å². The first-order valence-corrected chi connectivity index (χ1v) is 8.37. The van der Waals surface area contributed by atoms with Crippen LogP contribution in [0, 0.1) is 0 Å². The smallest absolute Gasteiger partial charge is 0.418 e. The van der Waals surface area contributed by atoms with Crippen molar-refractivity contribution in [2.75, 3.05) is 4.90 Å². The Kier molecular flexibility index (Phi) is 4.48. The summed E-state index contributed by atoms with van der Waals surface area (Å²) in [5.41, 5.74) is 1.50. The molecule has 1 aliphatic rings. The highest BCUT2D eigenvalue weighted by atomic mass is 35.5. The van der Waals surface area contributed by atoms with Crippen molar-refractivity contribution in [2.24, 2.45) is 0 Å².